The maximum atomic E-state index is 6.05. The van der Waals surface area contributed by atoms with E-state index in [1.54, 1.807) is 0 Å². The van der Waals surface area contributed by atoms with Gasteiger partial charge in [0.05, 0.1) is 12.2 Å². The molecule has 0 saturated heterocycles. The lowest BCUT2D eigenvalue weighted by Crippen LogP contribution is -2.06. The summed E-state index contributed by atoms with van der Waals surface area (Å²) in [6, 6.07) is 5.75. The highest BCUT2D eigenvalue weighted by Crippen LogP contribution is 2.23. The number of aromatic nitrogens is 3. The smallest absolute Gasteiger partial charge is 0.164 e. The van der Waals surface area contributed by atoms with Gasteiger partial charge in [-0.2, -0.15) is 0 Å². The first kappa shape index (κ1) is 13.1. The van der Waals surface area contributed by atoms with Crippen LogP contribution >= 0.6 is 11.6 Å². The highest BCUT2D eigenvalue weighted by atomic mass is 35.5. The molecular formula is C13H17ClN4. The Bertz CT molecular complexity index is 560. The lowest BCUT2D eigenvalue weighted by atomic mass is 10.1. The summed E-state index contributed by atoms with van der Waals surface area (Å²) in [6.07, 6.45) is 0. The van der Waals surface area contributed by atoms with Crippen LogP contribution in [-0.2, 0) is 6.54 Å². The number of nitrogens with two attached hydrogens (primary N) is 1. The van der Waals surface area contributed by atoms with Gasteiger partial charge >= 0.3 is 0 Å². The largest absolute Gasteiger partial charge is 0.324 e. The molecule has 2 N–H and O–H groups in total. The quantitative estimate of drug-likeness (QED) is 0.927. The molecule has 2 rings (SSSR count). The zero-order chi connectivity index (χ0) is 13.3. The van der Waals surface area contributed by atoms with Crippen LogP contribution in [-0.4, -0.2) is 14.8 Å². The van der Waals surface area contributed by atoms with E-state index in [0.717, 1.165) is 17.1 Å². The van der Waals surface area contributed by atoms with Gasteiger partial charge in [-0.3, -0.25) is 0 Å². The summed E-state index contributed by atoms with van der Waals surface area (Å²) in [7, 11) is 0. The van der Waals surface area contributed by atoms with Crippen LogP contribution in [0.2, 0.25) is 5.02 Å². The molecule has 4 nitrogen and oxygen atoms in total. The fourth-order valence-electron chi connectivity index (χ4n) is 1.82. The molecule has 1 aromatic carbocycles. The number of hydrogen-bond acceptors (Lipinski definition) is 3. The Morgan fingerprint density at radius 2 is 2.11 bits per heavy atom. The Labute approximate surface area is 112 Å². The number of nitrogens with zero attached hydrogens (tertiary/aromatic N) is 3. The molecule has 0 amide bonds. The van der Waals surface area contributed by atoms with Gasteiger partial charge in [-0.25, -0.2) is 9.67 Å². The first-order valence-electron chi connectivity index (χ1n) is 5.95. The number of rotatable bonds is 3. The number of halogens is 1. The van der Waals surface area contributed by atoms with Crippen molar-refractivity contribution in [2.24, 2.45) is 5.73 Å². The lowest BCUT2D eigenvalue weighted by molar-refractivity contribution is 0.710. The van der Waals surface area contributed by atoms with E-state index in [0.29, 0.717) is 17.4 Å². The molecule has 18 heavy (non-hydrogen) atoms. The Balaban J connectivity index is 2.62. The van der Waals surface area contributed by atoms with Crippen molar-refractivity contribution in [3.63, 3.8) is 0 Å². The summed E-state index contributed by atoms with van der Waals surface area (Å²) < 4.78 is 1.84. The van der Waals surface area contributed by atoms with E-state index in [2.05, 4.69) is 23.9 Å². The summed E-state index contributed by atoms with van der Waals surface area (Å²) in [6.45, 7) is 6.54. The molecule has 96 valence electrons. The maximum Gasteiger partial charge on any atom is 0.164 e. The van der Waals surface area contributed by atoms with Gasteiger partial charge in [0.25, 0.3) is 0 Å². The zero-order valence-corrected chi connectivity index (χ0v) is 11.6. The van der Waals surface area contributed by atoms with Crippen LogP contribution in [0.1, 0.15) is 37.0 Å². The second-order valence-electron chi connectivity index (χ2n) is 4.59. The van der Waals surface area contributed by atoms with Crippen molar-refractivity contribution in [1.82, 2.24) is 14.8 Å². The van der Waals surface area contributed by atoms with E-state index in [1.807, 2.05) is 29.8 Å². The van der Waals surface area contributed by atoms with Gasteiger partial charge in [0.1, 0.15) is 5.82 Å². The van der Waals surface area contributed by atoms with Gasteiger partial charge in [0.15, 0.2) is 5.82 Å². The highest BCUT2D eigenvalue weighted by molar-refractivity contribution is 6.30. The predicted octanol–water partition coefficient (Wildman–Crippen LogP) is 2.81. The van der Waals surface area contributed by atoms with Crippen LogP contribution in [0, 0.1) is 6.92 Å². The minimum Gasteiger partial charge on any atom is -0.324 e. The van der Waals surface area contributed by atoms with Crippen molar-refractivity contribution in [2.75, 3.05) is 0 Å². The van der Waals surface area contributed by atoms with Crippen LogP contribution in [0.5, 0.6) is 0 Å². The summed E-state index contributed by atoms with van der Waals surface area (Å²) in [5.74, 6) is 1.83. The van der Waals surface area contributed by atoms with Crippen LogP contribution < -0.4 is 5.73 Å². The van der Waals surface area contributed by atoms with E-state index < -0.39 is 0 Å². The van der Waals surface area contributed by atoms with Gasteiger partial charge in [0, 0.05) is 10.9 Å². The summed E-state index contributed by atoms with van der Waals surface area (Å²) >= 11 is 6.05. The fourth-order valence-corrected chi connectivity index (χ4v) is 1.98. The van der Waals surface area contributed by atoms with Crippen molar-refractivity contribution >= 4 is 11.6 Å². The Kier molecular flexibility index (Phi) is 3.68. The second kappa shape index (κ2) is 5.08. The monoisotopic (exact) mass is 264 g/mol. The average molecular weight is 265 g/mol. The fraction of sp³-hybridized carbons (Fsp3) is 0.385. The number of hydrogen-bond donors (Lipinski definition) is 1. The molecule has 0 atom stereocenters. The van der Waals surface area contributed by atoms with E-state index in [9.17, 15) is 0 Å². The third-order valence-corrected chi connectivity index (χ3v) is 3.01. The third kappa shape index (κ3) is 2.40. The summed E-state index contributed by atoms with van der Waals surface area (Å²) in [4.78, 5) is 4.46. The Morgan fingerprint density at radius 1 is 1.39 bits per heavy atom. The van der Waals surface area contributed by atoms with Crippen LogP contribution in [0.3, 0.4) is 0 Å². The average Bonchev–Trinajstić information content (AvgIpc) is 2.76. The summed E-state index contributed by atoms with van der Waals surface area (Å²) in [5.41, 5.74) is 7.68. The van der Waals surface area contributed by atoms with E-state index in [4.69, 9.17) is 17.3 Å². The molecule has 1 heterocycles. The van der Waals surface area contributed by atoms with Gasteiger partial charge in [-0.05, 0) is 24.6 Å². The van der Waals surface area contributed by atoms with Crippen molar-refractivity contribution in [3.05, 3.63) is 40.4 Å². The van der Waals surface area contributed by atoms with Crippen LogP contribution in [0.25, 0.3) is 5.69 Å². The van der Waals surface area contributed by atoms with Crippen molar-refractivity contribution < 1.29 is 0 Å². The molecule has 0 aliphatic rings. The molecular weight excluding hydrogens is 248 g/mol. The van der Waals surface area contributed by atoms with E-state index in [1.165, 1.54) is 0 Å². The zero-order valence-electron chi connectivity index (χ0n) is 10.8. The van der Waals surface area contributed by atoms with E-state index >= 15 is 0 Å². The minimum atomic E-state index is 0.274. The van der Waals surface area contributed by atoms with Gasteiger partial charge in [-0.1, -0.05) is 31.5 Å². The molecule has 0 unspecified atom stereocenters. The SMILES string of the molecule is Cc1ccc(Cl)cc1-n1nc(CN)nc1C(C)C. The number of benzene rings is 1. The van der Waals surface area contributed by atoms with Gasteiger partial charge in [-0.15, -0.1) is 5.10 Å². The topological polar surface area (TPSA) is 56.7 Å². The van der Waals surface area contributed by atoms with Crippen molar-refractivity contribution in [3.8, 4) is 5.69 Å². The normalized spacial score (nSPS) is 11.2. The molecule has 0 bridgehead atoms. The second-order valence-corrected chi connectivity index (χ2v) is 5.02. The molecule has 0 spiro atoms. The van der Waals surface area contributed by atoms with Crippen molar-refractivity contribution in [2.45, 2.75) is 33.2 Å². The van der Waals surface area contributed by atoms with Crippen LogP contribution in [0.4, 0.5) is 0 Å². The third-order valence-electron chi connectivity index (χ3n) is 2.77. The highest BCUT2D eigenvalue weighted by Gasteiger charge is 2.15. The molecule has 0 aliphatic carbocycles. The maximum absolute atomic E-state index is 6.05. The van der Waals surface area contributed by atoms with Gasteiger partial charge < -0.3 is 5.73 Å². The molecule has 1 aromatic heterocycles. The standard InChI is InChI=1S/C13H17ClN4/c1-8(2)13-16-12(7-15)17-18(13)11-6-10(14)5-4-9(11)3/h4-6,8H,7,15H2,1-3H3. The molecule has 5 heteroatoms. The van der Waals surface area contributed by atoms with E-state index in [-0.39, 0.29) is 5.92 Å². The lowest BCUT2D eigenvalue weighted by Gasteiger charge is -2.11. The first-order chi connectivity index (χ1) is 8.52. The Morgan fingerprint density at radius 3 is 2.72 bits per heavy atom. The predicted molar refractivity (Wildman–Crippen MR) is 73.1 cm³/mol. The Hall–Kier alpha value is -1.39. The van der Waals surface area contributed by atoms with Crippen LogP contribution in [0.15, 0.2) is 18.2 Å². The molecule has 0 radical (unpaired) electrons. The summed E-state index contributed by atoms with van der Waals surface area (Å²) in [5, 5.41) is 5.13. The number of aryl methyl sites for hydroxylation is 1. The van der Waals surface area contributed by atoms with Crippen molar-refractivity contribution in [1.29, 1.82) is 0 Å². The molecule has 0 fully saturated rings. The first-order valence-corrected chi connectivity index (χ1v) is 6.33. The molecule has 0 aliphatic heterocycles. The minimum absolute atomic E-state index is 0.274. The molecule has 2 aromatic rings. The molecule has 0 saturated carbocycles. The van der Waals surface area contributed by atoms with Gasteiger partial charge in [0.2, 0.25) is 0 Å².